The molecule has 2 aromatic heterocycles. The van der Waals surface area contributed by atoms with Gasteiger partial charge in [0, 0.05) is 24.2 Å². The SMILES string of the molecule is Cc1c(-c2cnn(C)c2)nnc(C(C)(C)C)c1C(C)(C)C. The van der Waals surface area contributed by atoms with Crippen LogP contribution in [0.1, 0.15) is 58.4 Å². The molecule has 21 heavy (non-hydrogen) atoms. The van der Waals surface area contributed by atoms with E-state index in [4.69, 9.17) is 0 Å². The van der Waals surface area contributed by atoms with E-state index in [0.29, 0.717) is 0 Å². The van der Waals surface area contributed by atoms with Crippen LogP contribution < -0.4 is 0 Å². The van der Waals surface area contributed by atoms with E-state index in [-0.39, 0.29) is 10.8 Å². The molecule has 0 bridgehead atoms. The molecule has 0 aliphatic carbocycles. The molecular formula is C17H26N4. The zero-order valence-corrected chi connectivity index (χ0v) is 14.4. The average Bonchev–Trinajstić information content (AvgIpc) is 2.72. The van der Waals surface area contributed by atoms with Crippen molar-refractivity contribution in [3.05, 3.63) is 29.2 Å². The van der Waals surface area contributed by atoms with Gasteiger partial charge in [-0.05, 0) is 23.5 Å². The van der Waals surface area contributed by atoms with Crippen LogP contribution in [-0.4, -0.2) is 20.0 Å². The van der Waals surface area contributed by atoms with Gasteiger partial charge in [-0.3, -0.25) is 4.68 Å². The highest BCUT2D eigenvalue weighted by molar-refractivity contribution is 5.63. The third kappa shape index (κ3) is 2.99. The standard InChI is InChI=1S/C17H26N4/c1-11-13(16(2,3)4)15(17(5,6)7)20-19-14(11)12-9-18-21(8)10-12/h9-10H,1-8H3. The molecule has 0 aliphatic rings. The maximum Gasteiger partial charge on any atom is 0.0993 e. The third-order valence-electron chi connectivity index (χ3n) is 3.66. The predicted molar refractivity (Wildman–Crippen MR) is 86.4 cm³/mol. The van der Waals surface area contributed by atoms with Crippen LogP contribution in [0.3, 0.4) is 0 Å². The summed E-state index contributed by atoms with van der Waals surface area (Å²) in [4.78, 5) is 0. The minimum Gasteiger partial charge on any atom is -0.275 e. The van der Waals surface area contributed by atoms with Crippen LogP contribution in [0.5, 0.6) is 0 Å². The molecule has 2 aromatic rings. The fourth-order valence-electron chi connectivity index (χ4n) is 2.78. The van der Waals surface area contributed by atoms with Crippen molar-refractivity contribution >= 4 is 0 Å². The Kier molecular flexibility index (Phi) is 3.68. The van der Waals surface area contributed by atoms with E-state index in [9.17, 15) is 0 Å². The van der Waals surface area contributed by atoms with Gasteiger partial charge in [0.15, 0.2) is 0 Å². The summed E-state index contributed by atoms with van der Waals surface area (Å²) < 4.78 is 1.80. The van der Waals surface area contributed by atoms with Gasteiger partial charge in [-0.25, -0.2) is 0 Å². The van der Waals surface area contributed by atoms with Gasteiger partial charge in [0.25, 0.3) is 0 Å². The highest BCUT2D eigenvalue weighted by Crippen LogP contribution is 2.37. The summed E-state index contributed by atoms with van der Waals surface area (Å²) in [6.45, 7) is 15.4. The molecule has 4 nitrogen and oxygen atoms in total. The smallest absolute Gasteiger partial charge is 0.0993 e. The van der Waals surface area contributed by atoms with Crippen molar-refractivity contribution in [1.82, 2.24) is 20.0 Å². The second-order valence-corrected chi connectivity index (χ2v) is 7.80. The Balaban J connectivity index is 2.74. The van der Waals surface area contributed by atoms with Crippen molar-refractivity contribution in [2.75, 3.05) is 0 Å². The molecule has 0 spiro atoms. The molecular weight excluding hydrogens is 260 g/mol. The first kappa shape index (κ1) is 15.7. The number of hydrogen-bond donors (Lipinski definition) is 0. The van der Waals surface area contributed by atoms with E-state index in [1.807, 2.05) is 19.4 Å². The summed E-state index contributed by atoms with van der Waals surface area (Å²) in [5.74, 6) is 0. The van der Waals surface area contributed by atoms with Gasteiger partial charge in [-0.1, -0.05) is 41.5 Å². The van der Waals surface area contributed by atoms with Crippen molar-refractivity contribution in [3.63, 3.8) is 0 Å². The topological polar surface area (TPSA) is 43.6 Å². The molecule has 0 aromatic carbocycles. The number of aromatic nitrogens is 4. The van der Waals surface area contributed by atoms with E-state index in [1.165, 1.54) is 11.1 Å². The molecule has 4 heteroatoms. The fourth-order valence-corrected chi connectivity index (χ4v) is 2.78. The van der Waals surface area contributed by atoms with E-state index in [2.05, 4.69) is 63.8 Å². The molecule has 0 saturated carbocycles. The summed E-state index contributed by atoms with van der Waals surface area (Å²) >= 11 is 0. The van der Waals surface area contributed by atoms with Crippen LogP contribution in [0.4, 0.5) is 0 Å². The van der Waals surface area contributed by atoms with Crippen molar-refractivity contribution in [2.45, 2.75) is 59.3 Å². The Morgan fingerprint density at radius 1 is 0.952 bits per heavy atom. The van der Waals surface area contributed by atoms with Crippen LogP contribution in [0.15, 0.2) is 12.4 Å². The molecule has 0 amide bonds. The Labute approximate surface area is 127 Å². The van der Waals surface area contributed by atoms with Crippen LogP contribution in [0.2, 0.25) is 0 Å². The quantitative estimate of drug-likeness (QED) is 0.801. The normalized spacial score (nSPS) is 12.8. The Morgan fingerprint density at radius 2 is 1.57 bits per heavy atom. The maximum absolute atomic E-state index is 4.58. The van der Waals surface area contributed by atoms with Gasteiger partial charge < -0.3 is 0 Å². The monoisotopic (exact) mass is 286 g/mol. The van der Waals surface area contributed by atoms with Crippen molar-refractivity contribution < 1.29 is 0 Å². The van der Waals surface area contributed by atoms with Crippen LogP contribution >= 0.6 is 0 Å². The maximum atomic E-state index is 4.58. The Bertz CT molecular complexity index is 654. The largest absolute Gasteiger partial charge is 0.275 e. The second kappa shape index (κ2) is 4.93. The minimum atomic E-state index is -0.0200. The molecule has 0 atom stereocenters. The molecule has 0 radical (unpaired) electrons. The van der Waals surface area contributed by atoms with E-state index in [0.717, 1.165) is 17.0 Å². The molecule has 114 valence electrons. The number of nitrogens with zero attached hydrogens (tertiary/aromatic N) is 4. The van der Waals surface area contributed by atoms with E-state index in [1.54, 1.807) is 4.68 Å². The summed E-state index contributed by atoms with van der Waals surface area (Å²) in [7, 11) is 1.92. The molecule has 0 N–H and O–H groups in total. The second-order valence-electron chi connectivity index (χ2n) is 7.80. The lowest BCUT2D eigenvalue weighted by Crippen LogP contribution is -2.26. The van der Waals surface area contributed by atoms with E-state index < -0.39 is 0 Å². The molecule has 0 fully saturated rings. The summed E-state index contributed by atoms with van der Waals surface area (Å²) in [5, 5.41) is 13.3. The Hall–Kier alpha value is -1.71. The van der Waals surface area contributed by atoms with Crippen LogP contribution in [-0.2, 0) is 17.9 Å². The van der Waals surface area contributed by atoms with Crippen LogP contribution in [0, 0.1) is 6.92 Å². The van der Waals surface area contributed by atoms with Crippen LogP contribution in [0.25, 0.3) is 11.3 Å². The van der Waals surface area contributed by atoms with Crippen molar-refractivity contribution in [2.24, 2.45) is 7.05 Å². The van der Waals surface area contributed by atoms with Crippen molar-refractivity contribution in [3.8, 4) is 11.3 Å². The van der Waals surface area contributed by atoms with Crippen molar-refractivity contribution in [1.29, 1.82) is 0 Å². The molecule has 2 heterocycles. The number of hydrogen-bond acceptors (Lipinski definition) is 3. The van der Waals surface area contributed by atoms with Gasteiger partial charge in [0.1, 0.15) is 0 Å². The highest BCUT2D eigenvalue weighted by Gasteiger charge is 2.30. The summed E-state index contributed by atoms with van der Waals surface area (Å²) in [6.07, 6.45) is 3.83. The molecule has 0 saturated heterocycles. The highest BCUT2D eigenvalue weighted by atomic mass is 15.2. The number of aryl methyl sites for hydroxylation is 1. The zero-order valence-electron chi connectivity index (χ0n) is 14.4. The van der Waals surface area contributed by atoms with Gasteiger partial charge >= 0.3 is 0 Å². The first-order chi connectivity index (χ1) is 9.51. The molecule has 0 aliphatic heterocycles. The lowest BCUT2D eigenvalue weighted by molar-refractivity contribution is 0.503. The Morgan fingerprint density at radius 3 is 2.00 bits per heavy atom. The number of rotatable bonds is 1. The first-order valence-electron chi connectivity index (χ1n) is 7.39. The minimum absolute atomic E-state index is 0.0200. The third-order valence-corrected chi connectivity index (χ3v) is 3.66. The van der Waals surface area contributed by atoms with Gasteiger partial charge in [-0.2, -0.15) is 10.2 Å². The summed E-state index contributed by atoms with van der Waals surface area (Å²) in [6, 6.07) is 0. The fraction of sp³-hybridized carbons (Fsp3) is 0.588. The summed E-state index contributed by atoms with van der Waals surface area (Å²) in [5.41, 5.74) is 5.54. The lowest BCUT2D eigenvalue weighted by atomic mass is 9.76. The first-order valence-corrected chi connectivity index (χ1v) is 7.39. The van der Waals surface area contributed by atoms with Gasteiger partial charge in [-0.15, -0.1) is 5.10 Å². The zero-order chi connectivity index (χ0) is 16.0. The molecule has 0 unspecified atom stereocenters. The van der Waals surface area contributed by atoms with Gasteiger partial charge in [0.05, 0.1) is 17.6 Å². The predicted octanol–water partition coefficient (Wildman–Crippen LogP) is 3.78. The van der Waals surface area contributed by atoms with Gasteiger partial charge in [0.2, 0.25) is 0 Å². The lowest BCUT2D eigenvalue weighted by Gasteiger charge is -2.30. The average molecular weight is 286 g/mol. The molecule has 2 rings (SSSR count). The van der Waals surface area contributed by atoms with E-state index >= 15 is 0 Å².